The van der Waals surface area contributed by atoms with Crippen molar-refractivity contribution >= 4 is 29.6 Å². The molecule has 1 heterocycles. The number of primary amides is 1. The van der Waals surface area contributed by atoms with Crippen LogP contribution in [0, 0.1) is 0 Å². The van der Waals surface area contributed by atoms with E-state index in [1.807, 2.05) is 0 Å². The third-order valence-electron chi connectivity index (χ3n) is 6.41. The number of phenolic OH excluding ortho intramolecular Hbond substituents is 1. The van der Waals surface area contributed by atoms with Crippen LogP contribution in [0.3, 0.4) is 0 Å². The largest absolute Gasteiger partial charge is 0.508 e. The minimum absolute atomic E-state index is 0.0508. The van der Waals surface area contributed by atoms with E-state index in [-0.39, 0.29) is 30.5 Å². The summed E-state index contributed by atoms with van der Waals surface area (Å²) in [5.41, 5.74) is 22.5. The molecule has 4 amide bonds. The molecular weight excluding hydrogens is 492 g/mol. The van der Waals surface area contributed by atoms with Gasteiger partial charge in [-0.1, -0.05) is 12.1 Å². The van der Waals surface area contributed by atoms with Crippen molar-refractivity contribution in [2.45, 2.75) is 69.5 Å². The summed E-state index contributed by atoms with van der Waals surface area (Å²) in [7, 11) is 0. The lowest BCUT2D eigenvalue weighted by atomic mass is 10.1. The lowest BCUT2D eigenvalue weighted by molar-refractivity contribution is -0.459. The van der Waals surface area contributed by atoms with Gasteiger partial charge in [-0.05, 0) is 69.2 Å². The van der Waals surface area contributed by atoms with Gasteiger partial charge in [0.2, 0.25) is 23.6 Å². The van der Waals surface area contributed by atoms with Gasteiger partial charge in [0.1, 0.15) is 23.9 Å². The highest BCUT2D eigenvalue weighted by Crippen LogP contribution is 2.20. The molecule has 3 atom stereocenters. The highest BCUT2D eigenvalue weighted by molar-refractivity contribution is 5.94. The van der Waals surface area contributed by atoms with E-state index in [2.05, 4.69) is 15.6 Å². The van der Waals surface area contributed by atoms with Gasteiger partial charge in [0.15, 0.2) is 0 Å². The maximum absolute atomic E-state index is 13.2. The number of carbonyl (C=O) groups is 4. The first-order valence-electron chi connectivity index (χ1n) is 12.9. The standard InChI is InChI=1S/C25H40N8O5/c26-12-2-1-5-19(23(37)31-18(22(27)36)6-3-13-30-25(28)29)32-24(38)20-7-4-14-33(20)21(35)15-16-8-10-17(34)11-9-16/h8-11,18-20,34H,1-7,12-15,26H2,(H2,27,36)(H,31,37)(H,32,38)(H4,28,29,30)/p+1/t18-,19-,20-/m0/s1. The molecule has 0 spiro atoms. The molecule has 0 aromatic heterocycles. The highest BCUT2D eigenvalue weighted by Gasteiger charge is 2.36. The number of hydrogen-bond acceptors (Lipinski definition) is 6. The fraction of sp³-hybridized carbons (Fsp3) is 0.560. The first-order valence-corrected chi connectivity index (χ1v) is 12.9. The summed E-state index contributed by atoms with van der Waals surface area (Å²) < 4.78 is 0. The van der Waals surface area contributed by atoms with Gasteiger partial charge in [0, 0.05) is 6.54 Å². The Morgan fingerprint density at radius 1 is 1.00 bits per heavy atom. The number of aromatic hydroxyl groups is 1. The molecule has 13 heteroatoms. The van der Waals surface area contributed by atoms with Gasteiger partial charge in [0.05, 0.1) is 13.0 Å². The zero-order valence-corrected chi connectivity index (χ0v) is 21.7. The van der Waals surface area contributed by atoms with Crippen molar-refractivity contribution < 1.29 is 29.3 Å². The van der Waals surface area contributed by atoms with Crippen LogP contribution in [0.2, 0.25) is 0 Å². The van der Waals surface area contributed by atoms with Crippen LogP contribution in [-0.2, 0) is 25.6 Å². The van der Waals surface area contributed by atoms with Gasteiger partial charge in [-0.2, -0.15) is 0 Å². The zero-order chi connectivity index (χ0) is 28.1. The van der Waals surface area contributed by atoms with Gasteiger partial charge in [0.25, 0.3) is 0 Å². The Hall–Kier alpha value is -3.87. The molecule has 2 rings (SSSR count). The van der Waals surface area contributed by atoms with E-state index in [4.69, 9.17) is 22.9 Å². The van der Waals surface area contributed by atoms with E-state index in [1.165, 1.54) is 17.0 Å². The lowest BCUT2D eigenvalue weighted by Crippen LogP contribution is -2.78. The SMILES string of the molecule is NCCCC[C@H](NC(=O)[C@@H]1CCCN1C(=O)Cc1ccc(O)cc1)C(=O)N[C@@H](CCC[NH+]=C(N)N)C(N)=O. The van der Waals surface area contributed by atoms with E-state index in [0.29, 0.717) is 58.2 Å². The van der Waals surface area contributed by atoms with Gasteiger partial charge >= 0.3 is 5.96 Å². The number of nitrogens with two attached hydrogens (primary N) is 4. The fourth-order valence-corrected chi connectivity index (χ4v) is 4.35. The van der Waals surface area contributed by atoms with Crippen LogP contribution in [0.25, 0.3) is 0 Å². The van der Waals surface area contributed by atoms with Crippen molar-refractivity contribution in [1.29, 1.82) is 0 Å². The van der Waals surface area contributed by atoms with Crippen LogP contribution >= 0.6 is 0 Å². The number of amides is 4. The fourth-order valence-electron chi connectivity index (χ4n) is 4.35. The molecule has 0 bridgehead atoms. The topological polar surface area (TPSA) is 234 Å². The second-order valence-corrected chi connectivity index (χ2v) is 9.42. The van der Waals surface area contributed by atoms with E-state index >= 15 is 0 Å². The summed E-state index contributed by atoms with van der Waals surface area (Å²) in [5, 5.41) is 14.9. The first-order chi connectivity index (χ1) is 18.1. The van der Waals surface area contributed by atoms with Crippen LogP contribution in [0.5, 0.6) is 5.75 Å². The van der Waals surface area contributed by atoms with Crippen LogP contribution in [-0.4, -0.2) is 77.4 Å². The van der Waals surface area contributed by atoms with Crippen molar-refractivity contribution in [2.24, 2.45) is 22.9 Å². The Labute approximate surface area is 222 Å². The third kappa shape index (κ3) is 9.88. The smallest absolute Gasteiger partial charge is 0.338 e. The van der Waals surface area contributed by atoms with E-state index < -0.39 is 35.8 Å². The maximum atomic E-state index is 13.2. The number of rotatable bonds is 15. The molecule has 1 aliphatic rings. The number of likely N-dealkylation sites (tertiary alicyclic amines) is 1. The molecule has 0 radical (unpaired) electrons. The van der Waals surface area contributed by atoms with Crippen molar-refractivity contribution in [3.05, 3.63) is 29.8 Å². The van der Waals surface area contributed by atoms with Crippen LogP contribution < -0.4 is 38.6 Å². The molecule has 1 aromatic carbocycles. The lowest BCUT2D eigenvalue weighted by Gasteiger charge is -2.27. The Morgan fingerprint density at radius 2 is 1.68 bits per heavy atom. The summed E-state index contributed by atoms with van der Waals surface area (Å²) in [6.45, 7) is 1.26. The summed E-state index contributed by atoms with van der Waals surface area (Å²) >= 11 is 0. The molecule has 0 unspecified atom stereocenters. The Morgan fingerprint density at radius 3 is 2.32 bits per heavy atom. The van der Waals surface area contributed by atoms with Gasteiger partial charge in [-0.25, -0.2) is 0 Å². The molecule has 13 nitrogen and oxygen atoms in total. The molecule has 1 fully saturated rings. The number of unbranched alkanes of at least 4 members (excludes halogenated alkanes) is 1. The number of hydrogen-bond donors (Lipinski definition) is 8. The van der Waals surface area contributed by atoms with Crippen molar-refractivity contribution in [1.82, 2.24) is 15.5 Å². The first kappa shape index (κ1) is 30.4. The Bertz CT molecular complexity index is 980. The van der Waals surface area contributed by atoms with E-state index in [0.717, 1.165) is 5.56 Å². The number of nitrogens with one attached hydrogen (secondary N) is 3. The Balaban J connectivity index is 2.04. The predicted molar refractivity (Wildman–Crippen MR) is 141 cm³/mol. The number of guanidine groups is 1. The van der Waals surface area contributed by atoms with Crippen LogP contribution in [0.1, 0.15) is 50.5 Å². The molecule has 38 heavy (non-hydrogen) atoms. The molecular formula is C25H41N8O5+. The zero-order valence-electron chi connectivity index (χ0n) is 21.7. The molecule has 12 N–H and O–H groups in total. The van der Waals surface area contributed by atoms with E-state index in [9.17, 15) is 24.3 Å². The average Bonchev–Trinajstić information content (AvgIpc) is 3.36. The predicted octanol–water partition coefficient (Wildman–Crippen LogP) is -3.36. The number of phenols is 1. The second kappa shape index (κ2) is 15.4. The monoisotopic (exact) mass is 533 g/mol. The third-order valence-corrected chi connectivity index (χ3v) is 6.41. The normalized spacial score (nSPS) is 16.3. The molecule has 1 aromatic rings. The molecule has 1 aliphatic heterocycles. The molecule has 0 aliphatic carbocycles. The second-order valence-electron chi connectivity index (χ2n) is 9.42. The quantitative estimate of drug-likeness (QED) is 0.0642. The van der Waals surface area contributed by atoms with Gasteiger partial charge < -0.3 is 32.1 Å². The molecule has 0 saturated carbocycles. The Kier molecular flexibility index (Phi) is 12.3. The number of benzene rings is 1. The minimum Gasteiger partial charge on any atom is -0.508 e. The summed E-state index contributed by atoms with van der Waals surface area (Å²) in [5.74, 6) is -1.71. The molecule has 1 saturated heterocycles. The number of carbonyl (C=O) groups excluding carboxylic acids is 4. The van der Waals surface area contributed by atoms with Crippen molar-refractivity contribution in [3.8, 4) is 5.75 Å². The van der Waals surface area contributed by atoms with Crippen LogP contribution in [0.15, 0.2) is 24.3 Å². The minimum atomic E-state index is -0.938. The summed E-state index contributed by atoms with van der Waals surface area (Å²) in [6, 6.07) is 3.76. The number of nitrogens with zero attached hydrogens (tertiary/aromatic N) is 1. The van der Waals surface area contributed by atoms with E-state index in [1.54, 1.807) is 12.1 Å². The van der Waals surface area contributed by atoms with Crippen molar-refractivity contribution in [2.75, 3.05) is 19.6 Å². The van der Waals surface area contributed by atoms with Gasteiger partial charge in [-0.3, -0.25) is 35.6 Å². The van der Waals surface area contributed by atoms with Crippen LogP contribution in [0.4, 0.5) is 0 Å². The van der Waals surface area contributed by atoms with Crippen molar-refractivity contribution in [3.63, 3.8) is 0 Å². The summed E-state index contributed by atoms with van der Waals surface area (Å²) in [6.07, 6.45) is 3.50. The highest BCUT2D eigenvalue weighted by atomic mass is 16.3. The average molecular weight is 534 g/mol. The summed E-state index contributed by atoms with van der Waals surface area (Å²) in [4.78, 5) is 55.5. The maximum Gasteiger partial charge on any atom is 0.338 e. The molecule has 210 valence electrons. The van der Waals surface area contributed by atoms with Gasteiger partial charge in [-0.15, -0.1) is 0 Å².